The van der Waals surface area contributed by atoms with Gasteiger partial charge in [0, 0.05) is 18.2 Å². The Balaban J connectivity index is 2.14. The first kappa shape index (κ1) is 18.1. The predicted molar refractivity (Wildman–Crippen MR) is 99.6 cm³/mol. The average Bonchev–Trinajstić information content (AvgIpc) is 2.61. The van der Waals surface area contributed by atoms with E-state index in [0.717, 1.165) is 35.6 Å². The third-order valence-electron chi connectivity index (χ3n) is 3.89. The normalized spacial score (nSPS) is 11.8. The molecule has 0 saturated heterocycles. The summed E-state index contributed by atoms with van der Waals surface area (Å²) in [6.45, 7) is 9.25. The monoisotopic (exact) mass is 325 g/mol. The van der Waals surface area contributed by atoms with Crippen molar-refractivity contribution in [2.75, 3.05) is 13.7 Å². The number of methoxy groups -OCH3 is 1. The number of hydrogen-bond acceptors (Lipinski definition) is 3. The molecule has 0 aliphatic carbocycles. The highest BCUT2D eigenvalue weighted by molar-refractivity contribution is 5.46. The van der Waals surface area contributed by atoms with Crippen LogP contribution in [-0.2, 0) is 6.54 Å². The summed E-state index contributed by atoms with van der Waals surface area (Å²) in [7, 11) is 1.67. The number of rotatable bonds is 9. The molecule has 2 aromatic carbocycles. The predicted octanol–water partition coefficient (Wildman–Crippen LogP) is 4.89. The maximum atomic E-state index is 5.93. The van der Waals surface area contributed by atoms with Crippen molar-refractivity contribution in [3.63, 3.8) is 0 Å². The fourth-order valence-corrected chi connectivity index (χ4v) is 2.64. The van der Waals surface area contributed by atoms with Crippen LogP contribution in [0.25, 0.3) is 0 Å². The van der Waals surface area contributed by atoms with E-state index in [0.29, 0.717) is 12.6 Å². The Morgan fingerprint density at radius 1 is 1.12 bits per heavy atom. The summed E-state index contributed by atoms with van der Waals surface area (Å²) in [6.07, 6.45) is 1.02. The molecular formula is C21H27NO2. The second-order valence-corrected chi connectivity index (χ2v) is 5.95. The first-order valence-electron chi connectivity index (χ1n) is 8.37. The minimum atomic E-state index is 0.311. The van der Waals surface area contributed by atoms with Crippen LogP contribution < -0.4 is 14.8 Å². The SMILES string of the molecule is C=C(C)COc1c(CNC(CC)c2ccccc2)cccc1OC. The Labute approximate surface area is 145 Å². The van der Waals surface area contributed by atoms with Gasteiger partial charge in [-0.15, -0.1) is 0 Å². The molecule has 0 bridgehead atoms. The van der Waals surface area contributed by atoms with E-state index in [1.807, 2.05) is 25.1 Å². The molecule has 0 fully saturated rings. The molecule has 128 valence electrons. The van der Waals surface area contributed by atoms with Gasteiger partial charge < -0.3 is 14.8 Å². The van der Waals surface area contributed by atoms with Crippen LogP contribution in [0.15, 0.2) is 60.7 Å². The highest BCUT2D eigenvalue weighted by Crippen LogP contribution is 2.32. The van der Waals surface area contributed by atoms with Gasteiger partial charge in [-0.1, -0.05) is 56.0 Å². The minimum Gasteiger partial charge on any atom is -0.493 e. The quantitative estimate of drug-likeness (QED) is 0.666. The number of hydrogen-bond donors (Lipinski definition) is 1. The van der Waals surface area contributed by atoms with E-state index in [4.69, 9.17) is 9.47 Å². The molecule has 0 heterocycles. The number of para-hydroxylation sites is 1. The molecule has 0 amide bonds. The molecule has 3 nitrogen and oxygen atoms in total. The number of benzene rings is 2. The summed E-state index contributed by atoms with van der Waals surface area (Å²) < 4.78 is 11.4. The molecule has 1 atom stereocenters. The van der Waals surface area contributed by atoms with Gasteiger partial charge in [0.1, 0.15) is 6.61 Å². The smallest absolute Gasteiger partial charge is 0.166 e. The molecule has 0 radical (unpaired) electrons. The van der Waals surface area contributed by atoms with Gasteiger partial charge in [0.15, 0.2) is 11.5 Å². The molecule has 1 unspecified atom stereocenters. The number of ether oxygens (including phenoxy) is 2. The lowest BCUT2D eigenvalue weighted by atomic mass is 10.0. The molecule has 0 spiro atoms. The van der Waals surface area contributed by atoms with Crippen LogP contribution in [0.3, 0.4) is 0 Å². The summed E-state index contributed by atoms with van der Waals surface area (Å²) >= 11 is 0. The molecule has 0 aromatic heterocycles. The van der Waals surface area contributed by atoms with Crippen LogP contribution in [0.1, 0.15) is 37.4 Å². The van der Waals surface area contributed by atoms with E-state index in [2.05, 4.69) is 49.2 Å². The van der Waals surface area contributed by atoms with E-state index >= 15 is 0 Å². The van der Waals surface area contributed by atoms with Crippen LogP contribution in [0, 0.1) is 0 Å². The van der Waals surface area contributed by atoms with E-state index in [1.165, 1.54) is 5.56 Å². The lowest BCUT2D eigenvalue weighted by Crippen LogP contribution is -2.20. The van der Waals surface area contributed by atoms with E-state index in [9.17, 15) is 0 Å². The Hall–Kier alpha value is -2.26. The van der Waals surface area contributed by atoms with Crippen molar-refractivity contribution in [1.29, 1.82) is 0 Å². The Kier molecular flexibility index (Phi) is 6.89. The van der Waals surface area contributed by atoms with Crippen LogP contribution in [0.5, 0.6) is 11.5 Å². The standard InChI is InChI=1S/C21H27NO2/c1-5-19(17-10-7-6-8-11-17)22-14-18-12-9-13-20(23-4)21(18)24-15-16(2)3/h6-13,19,22H,2,5,14-15H2,1,3-4H3. The molecular weight excluding hydrogens is 298 g/mol. The van der Waals surface area contributed by atoms with Crippen molar-refractivity contribution >= 4 is 0 Å². The lowest BCUT2D eigenvalue weighted by Gasteiger charge is -2.20. The lowest BCUT2D eigenvalue weighted by molar-refractivity contribution is 0.314. The maximum absolute atomic E-state index is 5.93. The van der Waals surface area contributed by atoms with Crippen molar-refractivity contribution in [3.8, 4) is 11.5 Å². The van der Waals surface area contributed by atoms with Gasteiger partial charge in [-0.3, -0.25) is 0 Å². The van der Waals surface area contributed by atoms with E-state index < -0.39 is 0 Å². The van der Waals surface area contributed by atoms with E-state index in [1.54, 1.807) is 7.11 Å². The highest BCUT2D eigenvalue weighted by atomic mass is 16.5. The maximum Gasteiger partial charge on any atom is 0.166 e. The van der Waals surface area contributed by atoms with Gasteiger partial charge in [-0.2, -0.15) is 0 Å². The van der Waals surface area contributed by atoms with Gasteiger partial charge >= 0.3 is 0 Å². The molecule has 0 aliphatic rings. The van der Waals surface area contributed by atoms with Crippen molar-refractivity contribution in [2.24, 2.45) is 0 Å². The summed E-state index contributed by atoms with van der Waals surface area (Å²) in [6, 6.07) is 16.8. The van der Waals surface area contributed by atoms with Crippen LogP contribution in [0.2, 0.25) is 0 Å². The Bertz CT molecular complexity index is 652. The van der Waals surface area contributed by atoms with Gasteiger partial charge in [-0.05, 0) is 30.5 Å². The molecule has 2 rings (SSSR count). The minimum absolute atomic E-state index is 0.311. The van der Waals surface area contributed by atoms with E-state index in [-0.39, 0.29) is 0 Å². The topological polar surface area (TPSA) is 30.5 Å². The van der Waals surface area contributed by atoms with Crippen LogP contribution >= 0.6 is 0 Å². The van der Waals surface area contributed by atoms with Gasteiger partial charge in [0.25, 0.3) is 0 Å². The molecule has 1 N–H and O–H groups in total. The second kappa shape index (κ2) is 9.14. The highest BCUT2D eigenvalue weighted by Gasteiger charge is 2.13. The van der Waals surface area contributed by atoms with Crippen molar-refractivity contribution in [1.82, 2.24) is 5.32 Å². The first-order valence-corrected chi connectivity index (χ1v) is 8.37. The zero-order valence-electron chi connectivity index (χ0n) is 14.8. The average molecular weight is 325 g/mol. The van der Waals surface area contributed by atoms with Crippen LogP contribution in [-0.4, -0.2) is 13.7 Å². The Morgan fingerprint density at radius 2 is 1.88 bits per heavy atom. The Morgan fingerprint density at radius 3 is 2.50 bits per heavy atom. The number of nitrogens with one attached hydrogen (secondary N) is 1. The van der Waals surface area contributed by atoms with Gasteiger partial charge in [-0.25, -0.2) is 0 Å². The largest absolute Gasteiger partial charge is 0.493 e. The molecule has 0 saturated carbocycles. The van der Waals surface area contributed by atoms with Crippen molar-refractivity contribution in [2.45, 2.75) is 32.9 Å². The molecule has 3 heteroatoms. The van der Waals surface area contributed by atoms with Crippen LogP contribution in [0.4, 0.5) is 0 Å². The molecule has 0 aliphatic heterocycles. The first-order chi connectivity index (χ1) is 11.7. The van der Waals surface area contributed by atoms with Crippen molar-refractivity contribution in [3.05, 3.63) is 71.8 Å². The van der Waals surface area contributed by atoms with Gasteiger partial charge in [0.05, 0.1) is 7.11 Å². The zero-order chi connectivity index (χ0) is 17.4. The molecule has 2 aromatic rings. The zero-order valence-corrected chi connectivity index (χ0v) is 14.8. The second-order valence-electron chi connectivity index (χ2n) is 5.95. The third-order valence-corrected chi connectivity index (χ3v) is 3.89. The third kappa shape index (κ3) is 4.87. The summed E-state index contributed by atoms with van der Waals surface area (Å²) in [5.74, 6) is 1.54. The van der Waals surface area contributed by atoms with Crippen molar-refractivity contribution < 1.29 is 9.47 Å². The fourth-order valence-electron chi connectivity index (χ4n) is 2.64. The summed E-state index contributed by atoms with van der Waals surface area (Å²) in [5.41, 5.74) is 3.37. The summed E-state index contributed by atoms with van der Waals surface area (Å²) in [4.78, 5) is 0. The summed E-state index contributed by atoms with van der Waals surface area (Å²) in [5, 5.41) is 3.62. The molecule has 24 heavy (non-hydrogen) atoms. The van der Waals surface area contributed by atoms with Gasteiger partial charge in [0.2, 0.25) is 0 Å². The fraction of sp³-hybridized carbons (Fsp3) is 0.333.